The molecular weight excluding hydrogens is 267 g/mol. The molecule has 0 unspecified atom stereocenters. The van der Waals surface area contributed by atoms with Gasteiger partial charge in [-0.3, -0.25) is 4.57 Å². The van der Waals surface area contributed by atoms with Crippen LogP contribution in [0.1, 0.15) is 12.8 Å². The molecule has 3 nitrogen and oxygen atoms in total. The van der Waals surface area contributed by atoms with E-state index in [4.69, 9.17) is 11.6 Å². The van der Waals surface area contributed by atoms with Gasteiger partial charge in [0.25, 0.3) is 0 Å². The Balaban J connectivity index is 2.24. The summed E-state index contributed by atoms with van der Waals surface area (Å²) in [6.07, 6.45) is 5.36. The van der Waals surface area contributed by atoms with Gasteiger partial charge < -0.3 is 0 Å². The summed E-state index contributed by atoms with van der Waals surface area (Å²) >= 11 is 9.24. The molecule has 5 heteroatoms. The highest BCUT2D eigenvalue weighted by atomic mass is 79.9. The van der Waals surface area contributed by atoms with Crippen molar-refractivity contribution >= 4 is 27.5 Å². The van der Waals surface area contributed by atoms with Gasteiger partial charge in [-0.2, -0.15) is 0 Å². The maximum absolute atomic E-state index is 11.4. The van der Waals surface area contributed by atoms with Gasteiger partial charge in [0.15, 0.2) is 0 Å². The highest BCUT2D eigenvalue weighted by Gasteiger charge is 2.41. The Morgan fingerprint density at radius 1 is 1.64 bits per heavy atom. The first kappa shape index (κ1) is 10.2. The predicted molar refractivity (Wildman–Crippen MR) is 59.0 cm³/mol. The van der Waals surface area contributed by atoms with Crippen LogP contribution >= 0.6 is 27.5 Å². The number of halogens is 2. The van der Waals surface area contributed by atoms with Crippen LogP contribution in [0.15, 0.2) is 17.2 Å². The maximum Gasteiger partial charge on any atom is 0.347 e. The molecule has 1 saturated carbocycles. The second-order valence-corrected chi connectivity index (χ2v) is 4.81. The number of hydrogen-bond donors (Lipinski definition) is 0. The van der Waals surface area contributed by atoms with Crippen LogP contribution in [0.5, 0.6) is 0 Å². The summed E-state index contributed by atoms with van der Waals surface area (Å²) in [5.74, 6) is 0. The molecule has 2 rings (SSSR count). The largest absolute Gasteiger partial charge is 0.347 e. The van der Waals surface area contributed by atoms with Crippen molar-refractivity contribution in [2.45, 2.75) is 19.4 Å². The van der Waals surface area contributed by atoms with E-state index in [2.05, 4.69) is 20.9 Å². The first-order valence-electron chi connectivity index (χ1n) is 4.43. The summed E-state index contributed by atoms with van der Waals surface area (Å²) in [6, 6.07) is 0. The molecule has 1 aromatic heterocycles. The fourth-order valence-electron chi connectivity index (χ4n) is 1.41. The first-order valence-corrected chi connectivity index (χ1v) is 5.93. The van der Waals surface area contributed by atoms with Crippen LogP contribution in [-0.4, -0.2) is 14.9 Å². The Labute approximate surface area is 95.2 Å². The zero-order chi connectivity index (χ0) is 10.2. The maximum atomic E-state index is 11.4. The molecule has 0 aromatic carbocycles. The number of rotatable bonds is 3. The second-order valence-electron chi connectivity index (χ2n) is 3.82. The van der Waals surface area contributed by atoms with Crippen LogP contribution in [-0.2, 0) is 6.54 Å². The zero-order valence-corrected chi connectivity index (χ0v) is 9.88. The summed E-state index contributed by atoms with van der Waals surface area (Å²) in [5, 5.41) is 1.44. The molecule has 0 bridgehead atoms. The molecule has 0 radical (unpaired) electrons. The minimum absolute atomic E-state index is 0.221. The van der Waals surface area contributed by atoms with Crippen molar-refractivity contribution in [3.05, 3.63) is 27.9 Å². The van der Waals surface area contributed by atoms with Gasteiger partial charge in [-0.1, -0.05) is 27.5 Å². The zero-order valence-electron chi connectivity index (χ0n) is 7.54. The van der Waals surface area contributed by atoms with Gasteiger partial charge in [-0.05, 0) is 18.3 Å². The van der Waals surface area contributed by atoms with Crippen LogP contribution in [0.4, 0.5) is 0 Å². The second kappa shape index (κ2) is 3.66. The van der Waals surface area contributed by atoms with Crippen molar-refractivity contribution in [1.29, 1.82) is 0 Å². The lowest BCUT2D eigenvalue weighted by Gasteiger charge is -2.12. The molecule has 1 aromatic rings. The van der Waals surface area contributed by atoms with Crippen molar-refractivity contribution in [1.82, 2.24) is 9.55 Å². The van der Waals surface area contributed by atoms with E-state index in [0.717, 1.165) is 18.2 Å². The third kappa shape index (κ3) is 2.01. The van der Waals surface area contributed by atoms with E-state index < -0.39 is 0 Å². The number of alkyl halides is 1. The summed E-state index contributed by atoms with van der Waals surface area (Å²) in [6.45, 7) is 0.713. The Morgan fingerprint density at radius 3 is 2.93 bits per heavy atom. The molecule has 1 fully saturated rings. The standard InChI is InChI=1S/C9H10BrClN2O/c10-5-9(1-2-9)6-13-4-7(11)3-12-8(13)14/h3-4H,1-2,5-6H2. The first-order chi connectivity index (χ1) is 6.65. The van der Waals surface area contributed by atoms with Crippen LogP contribution in [0.2, 0.25) is 5.02 Å². The SMILES string of the molecule is O=c1ncc(Cl)cn1CC1(CBr)CC1. The summed E-state index contributed by atoms with van der Waals surface area (Å²) in [5.41, 5.74) is 0.0394. The fraction of sp³-hybridized carbons (Fsp3) is 0.556. The molecule has 14 heavy (non-hydrogen) atoms. The summed E-state index contributed by atoms with van der Waals surface area (Å²) in [4.78, 5) is 15.1. The topological polar surface area (TPSA) is 34.9 Å². The molecule has 0 saturated heterocycles. The van der Waals surface area contributed by atoms with Gasteiger partial charge in [0, 0.05) is 18.1 Å². The molecule has 1 heterocycles. The highest BCUT2D eigenvalue weighted by molar-refractivity contribution is 9.09. The fourth-order valence-corrected chi connectivity index (χ4v) is 2.32. The van der Waals surface area contributed by atoms with E-state index in [1.165, 1.54) is 6.20 Å². The average molecular weight is 278 g/mol. The van der Waals surface area contributed by atoms with Crippen LogP contribution in [0.25, 0.3) is 0 Å². The van der Waals surface area contributed by atoms with Crippen molar-refractivity contribution in [2.24, 2.45) is 5.41 Å². The van der Waals surface area contributed by atoms with E-state index >= 15 is 0 Å². The average Bonchev–Trinajstić information content (AvgIpc) is 2.92. The van der Waals surface area contributed by atoms with E-state index in [1.54, 1.807) is 10.8 Å². The number of hydrogen-bond acceptors (Lipinski definition) is 2. The van der Waals surface area contributed by atoms with Crippen LogP contribution < -0.4 is 5.69 Å². The quantitative estimate of drug-likeness (QED) is 0.793. The Bertz CT molecular complexity index is 400. The van der Waals surface area contributed by atoms with Gasteiger partial charge in [0.05, 0.1) is 11.2 Å². The van der Waals surface area contributed by atoms with Crippen molar-refractivity contribution in [2.75, 3.05) is 5.33 Å². The molecule has 0 amide bonds. The summed E-state index contributed by atoms with van der Waals surface area (Å²) < 4.78 is 1.59. The van der Waals surface area contributed by atoms with Crippen molar-refractivity contribution < 1.29 is 0 Å². The predicted octanol–water partition coefficient (Wildman–Crippen LogP) is 2.07. The normalized spacial score (nSPS) is 18.1. The lowest BCUT2D eigenvalue weighted by Crippen LogP contribution is -2.26. The van der Waals surface area contributed by atoms with Crippen molar-refractivity contribution in [3.63, 3.8) is 0 Å². The lowest BCUT2D eigenvalue weighted by atomic mass is 10.1. The molecular formula is C9H10BrClN2O. The Morgan fingerprint density at radius 2 is 2.36 bits per heavy atom. The monoisotopic (exact) mass is 276 g/mol. The van der Waals surface area contributed by atoms with E-state index in [1.807, 2.05) is 0 Å². The minimum Gasteiger partial charge on any atom is -0.297 e. The summed E-state index contributed by atoms with van der Waals surface area (Å²) in [7, 11) is 0. The molecule has 1 aliphatic carbocycles. The van der Waals surface area contributed by atoms with E-state index in [9.17, 15) is 4.79 Å². The third-order valence-electron chi connectivity index (χ3n) is 2.57. The third-order valence-corrected chi connectivity index (χ3v) is 3.95. The number of aromatic nitrogens is 2. The van der Waals surface area contributed by atoms with Gasteiger partial charge in [-0.15, -0.1) is 0 Å². The lowest BCUT2D eigenvalue weighted by molar-refractivity contribution is 0.459. The van der Waals surface area contributed by atoms with Gasteiger partial charge in [-0.25, -0.2) is 9.78 Å². The van der Waals surface area contributed by atoms with E-state index in [-0.39, 0.29) is 11.1 Å². The highest BCUT2D eigenvalue weighted by Crippen LogP contribution is 2.48. The van der Waals surface area contributed by atoms with Gasteiger partial charge in [0.2, 0.25) is 0 Å². The van der Waals surface area contributed by atoms with Crippen molar-refractivity contribution in [3.8, 4) is 0 Å². The molecule has 0 spiro atoms. The van der Waals surface area contributed by atoms with Crippen LogP contribution in [0, 0.1) is 5.41 Å². The van der Waals surface area contributed by atoms with Gasteiger partial charge in [0.1, 0.15) is 0 Å². The molecule has 76 valence electrons. The molecule has 0 aliphatic heterocycles. The van der Waals surface area contributed by atoms with E-state index in [0.29, 0.717) is 11.6 Å². The number of nitrogens with zero attached hydrogens (tertiary/aromatic N) is 2. The smallest absolute Gasteiger partial charge is 0.297 e. The molecule has 0 atom stereocenters. The van der Waals surface area contributed by atoms with Gasteiger partial charge >= 0.3 is 5.69 Å². The minimum atomic E-state index is -0.221. The molecule has 0 N–H and O–H groups in total. The van der Waals surface area contributed by atoms with Crippen LogP contribution in [0.3, 0.4) is 0 Å². The Kier molecular flexibility index (Phi) is 2.66. The molecule has 1 aliphatic rings. The Hall–Kier alpha value is -0.350.